The molecule has 25 heavy (non-hydrogen) atoms. The normalized spacial score (nSPS) is 18.4. The molecule has 0 saturated carbocycles. The molecule has 1 fully saturated rings. The van der Waals surface area contributed by atoms with E-state index in [1.807, 2.05) is 40.6 Å². The first-order valence-electron chi connectivity index (χ1n) is 8.12. The van der Waals surface area contributed by atoms with Crippen LogP contribution in [0.3, 0.4) is 0 Å². The van der Waals surface area contributed by atoms with Gasteiger partial charge in [-0.3, -0.25) is 19.5 Å². The lowest BCUT2D eigenvalue weighted by Crippen LogP contribution is -2.40. The van der Waals surface area contributed by atoms with Gasteiger partial charge in [0.15, 0.2) is 0 Å². The number of imide groups is 1. The summed E-state index contributed by atoms with van der Waals surface area (Å²) in [7, 11) is 0. The van der Waals surface area contributed by atoms with Gasteiger partial charge >= 0.3 is 0 Å². The van der Waals surface area contributed by atoms with Gasteiger partial charge in [0, 0.05) is 24.2 Å². The Morgan fingerprint density at radius 2 is 1.92 bits per heavy atom. The van der Waals surface area contributed by atoms with E-state index >= 15 is 0 Å². The van der Waals surface area contributed by atoms with Crippen LogP contribution in [0.2, 0.25) is 0 Å². The average molecular weight is 355 g/mol. The topological polar surface area (TPSA) is 62.7 Å². The van der Waals surface area contributed by atoms with Crippen LogP contribution in [0.15, 0.2) is 47.6 Å². The number of amides is 2. The quantitative estimate of drug-likeness (QED) is 0.782. The first-order valence-corrected chi connectivity index (χ1v) is 9.00. The van der Waals surface area contributed by atoms with Crippen molar-refractivity contribution in [1.82, 2.24) is 14.8 Å². The van der Waals surface area contributed by atoms with Crippen molar-refractivity contribution in [3.05, 3.63) is 58.2 Å². The second-order valence-electron chi connectivity index (χ2n) is 5.82. The van der Waals surface area contributed by atoms with Crippen molar-refractivity contribution >= 4 is 28.7 Å². The van der Waals surface area contributed by atoms with Crippen molar-refractivity contribution < 1.29 is 14.3 Å². The van der Waals surface area contributed by atoms with Crippen molar-refractivity contribution in [3.63, 3.8) is 0 Å². The molecule has 0 unspecified atom stereocenters. The van der Waals surface area contributed by atoms with E-state index in [4.69, 9.17) is 4.74 Å². The van der Waals surface area contributed by atoms with Gasteiger partial charge in [-0.25, -0.2) is 0 Å². The molecule has 0 bridgehead atoms. The Morgan fingerprint density at radius 1 is 1.08 bits per heavy atom. The Morgan fingerprint density at radius 3 is 2.60 bits per heavy atom. The van der Waals surface area contributed by atoms with Crippen LogP contribution in [0.4, 0.5) is 0 Å². The largest absolute Gasteiger partial charge is 0.378 e. The van der Waals surface area contributed by atoms with Crippen LogP contribution in [0.1, 0.15) is 10.6 Å². The SMILES string of the molecule is O=C1C(c2cccs2)=C(N2CCOCC2)C(=O)N1Cc1ccccn1. The van der Waals surface area contributed by atoms with E-state index < -0.39 is 0 Å². The molecule has 2 aromatic heterocycles. The fourth-order valence-electron chi connectivity index (χ4n) is 3.08. The van der Waals surface area contributed by atoms with Crippen LogP contribution in [0, 0.1) is 0 Å². The minimum Gasteiger partial charge on any atom is -0.378 e. The molecule has 2 amide bonds. The Labute approximate surface area is 149 Å². The molecule has 2 aromatic rings. The van der Waals surface area contributed by atoms with Gasteiger partial charge in [-0.2, -0.15) is 0 Å². The summed E-state index contributed by atoms with van der Waals surface area (Å²) in [6, 6.07) is 9.26. The second kappa shape index (κ2) is 6.78. The summed E-state index contributed by atoms with van der Waals surface area (Å²) in [4.78, 5) is 34.4. The van der Waals surface area contributed by atoms with Gasteiger partial charge in [-0.15, -0.1) is 11.3 Å². The monoisotopic (exact) mass is 355 g/mol. The molecule has 6 nitrogen and oxygen atoms in total. The lowest BCUT2D eigenvalue weighted by molar-refractivity contribution is -0.138. The van der Waals surface area contributed by atoms with Gasteiger partial charge in [-0.1, -0.05) is 12.1 Å². The van der Waals surface area contributed by atoms with E-state index in [0.29, 0.717) is 43.3 Å². The molecule has 2 aliphatic rings. The van der Waals surface area contributed by atoms with E-state index in [1.165, 1.54) is 16.2 Å². The Hall–Kier alpha value is -2.51. The minimum atomic E-state index is -0.250. The van der Waals surface area contributed by atoms with Gasteiger partial charge in [0.1, 0.15) is 5.70 Å². The van der Waals surface area contributed by atoms with E-state index in [2.05, 4.69) is 4.98 Å². The summed E-state index contributed by atoms with van der Waals surface area (Å²) < 4.78 is 5.39. The molecule has 4 rings (SSSR count). The van der Waals surface area contributed by atoms with Crippen LogP contribution in [0.5, 0.6) is 0 Å². The molecule has 2 aliphatic heterocycles. The molecular weight excluding hydrogens is 338 g/mol. The van der Waals surface area contributed by atoms with Crippen LogP contribution in [0.25, 0.3) is 5.57 Å². The fraction of sp³-hybridized carbons (Fsp3) is 0.278. The molecule has 0 N–H and O–H groups in total. The van der Waals surface area contributed by atoms with Gasteiger partial charge < -0.3 is 9.64 Å². The number of carbonyl (C=O) groups is 2. The predicted octanol–water partition coefficient (Wildman–Crippen LogP) is 1.76. The molecule has 128 valence electrons. The zero-order chi connectivity index (χ0) is 17.2. The number of thiophene rings is 1. The number of pyridine rings is 1. The number of hydrogen-bond acceptors (Lipinski definition) is 6. The molecular formula is C18H17N3O3S. The highest BCUT2D eigenvalue weighted by Crippen LogP contribution is 2.34. The fourth-order valence-corrected chi connectivity index (χ4v) is 3.85. The summed E-state index contributed by atoms with van der Waals surface area (Å²) in [6.07, 6.45) is 1.66. The lowest BCUT2D eigenvalue weighted by atomic mass is 10.1. The summed E-state index contributed by atoms with van der Waals surface area (Å²) in [5, 5.41) is 1.92. The molecule has 1 saturated heterocycles. The average Bonchev–Trinajstić information content (AvgIpc) is 3.26. The zero-order valence-corrected chi connectivity index (χ0v) is 14.4. The number of aromatic nitrogens is 1. The van der Waals surface area contributed by atoms with Gasteiger partial charge in [0.25, 0.3) is 11.8 Å². The summed E-state index contributed by atoms with van der Waals surface area (Å²) >= 11 is 1.47. The maximum atomic E-state index is 13.1. The highest BCUT2D eigenvalue weighted by molar-refractivity contribution is 7.11. The molecule has 0 radical (unpaired) electrons. The van der Waals surface area contributed by atoms with Crippen molar-refractivity contribution in [1.29, 1.82) is 0 Å². The van der Waals surface area contributed by atoms with Crippen LogP contribution >= 0.6 is 11.3 Å². The minimum absolute atomic E-state index is 0.182. The van der Waals surface area contributed by atoms with Crippen LogP contribution in [-0.4, -0.2) is 52.9 Å². The Balaban J connectivity index is 1.71. The first-order chi connectivity index (χ1) is 12.3. The third-order valence-electron chi connectivity index (χ3n) is 4.28. The van der Waals surface area contributed by atoms with Crippen LogP contribution in [-0.2, 0) is 20.9 Å². The van der Waals surface area contributed by atoms with Crippen molar-refractivity contribution in [2.75, 3.05) is 26.3 Å². The van der Waals surface area contributed by atoms with E-state index in [0.717, 1.165) is 4.88 Å². The predicted molar refractivity (Wildman–Crippen MR) is 93.4 cm³/mol. The molecule has 0 aromatic carbocycles. The van der Waals surface area contributed by atoms with Crippen molar-refractivity contribution in [2.24, 2.45) is 0 Å². The molecule has 0 spiro atoms. The van der Waals surface area contributed by atoms with E-state index in [1.54, 1.807) is 6.20 Å². The zero-order valence-electron chi connectivity index (χ0n) is 13.6. The van der Waals surface area contributed by atoms with Crippen LogP contribution < -0.4 is 0 Å². The first kappa shape index (κ1) is 16.0. The number of morpholine rings is 1. The van der Waals surface area contributed by atoms with E-state index in [-0.39, 0.29) is 18.4 Å². The van der Waals surface area contributed by atoms with Gasteiger partial charge in [0.2, 0.25) is 0 Å². The Kier molecular flexibility index (Phi) is 4.33. The molecule has 0 aliphatic carbocycles. The standard InChI is InChI=1S/C18H17N3O3S/c22-17-15(14-5-3-11-25-14)16(20-7-9-24-10-8-20)18(23)21(17)12-13-4-1-2-6-19-13/h1-6,11H,7-10,12H2. The second-order valence-corrected chi connectivity index (χ2v) is 6.77. The maximum absolute atomic E-state index is 13.1. The van der Waals surface area contributed by atoms with Gasteiger partial charge in [0.05, 0.1) is 31.0 Å². The third-order valence-corrected chi connectivity index (χ3v) is 5.17. The van der Waals surface area contributed by atoms with E-state index in [9.17, 15) is 9.59 Å². The molecule has 4 heterocycles. The molecule has 7 heteroatoms. The number of ether oxygens (including phenoxy) is 1. The Bertz CT molecular complexity index is 811. The highest BCUT2D eigenvalue weighted by atomic mass is 32.1. The number of carbonyl (C=O) groups excluding carboxylic acids is 2. The number of hydrogen-bond donors (Lipinski definition) is 0. The smallest absolute Gasteiger partial charge is 0.278 e. The maximum Gasteiger partial charge on any atom is 0.278 e. The lowest BCUT2D eigenvalue weighted by Gasteiger charge is -2.29. The summed E-state index contributed by atoms with van der Waals surface area (Å²) in [5.41, 5.74) is 1.68. The highest BCUT2D eigenvalue weighted by Gasteiger charge is 2.42. The number of nitrogens with zero attached hydrogens (tertiary/aromatic N) is 3. The van der Waals surface area contributed by atoms with Crippen molar-refractivity contribution in [2.45, 2.75) is 6.54 Å². The molecule has 0 atom stereocenters. The summed E-state index contributed by atoms with van der Waals surface area (Å²) in [6.45, 7) is 2.52. The van der Waals surface area contributed by atoms with Crippen molar-refractivity contribution in [3.8, 4) is 0 Å². The third kappa shape index (κ3) is 2.96. The van der Waals surface area contributed by atoms with Gasteiger partial charge in [-0.05, 0) is 23.6 Å². The number of rotatable bonds is 4. The summed E-state index contributed by atoms with van der Waals surface area (Å²) in [5.74, 6) is -0.499.